The van der Waals surface area contributed by atoms with Gasteiger partial charge in [-0.2, -0.15) is 0 Å². The molecular formula is C39H54. The first-order valence-electron chi connectivity index (χ1n) is 15.4. The maximum atomic E-state index is 2.54. The zero-order valence-corrected chi connectivity index (χ0v) is 27.2. The highest BCUT2D eigenvalue weighted by Gasteiger charge is 2.23. The Morgan fingerprint density at radius 3 is 1.05 bits per heavy atom. The molecule has 0 heterocycles. The zero-order chi connectivity index (χ0) is 28.9. The summed E-state index contributed by atoms with van der Waals surface area (Å²) in [5.74, 6) is 0. The van der Waals surface area contributed by atoms with Crippen molar-refractivity contribution in [2.24, 2.45) is 0 Å². The third-order valence-electron chi connectivity index (χ3n) is 9.34. The van der Waals surface area contributed by atoms with E-state index in [2.05, 4.69) is 119 Å². The molecular weight excluding hydrogens is 468 g/mol. The molecule has 0 fully saturated rings. The first kappa shape index (κ1) is 29.6. The Kier molecular flexibility index (Phi) is 8.03. The monoisotopic (exact) mass is 522 g/mol. The Morgan fingerprint density at radius 2 is 0.744 bits per heavy atom. The Labute approximate surface area is 240 Å². The van der Waals surface area contributed by atoms with Gasteiger partial charge in [0.1, 0.15) is 0 Å². The van der Waals surface area contributed by atoms with Crippen molar-refractivity contribution < 1.29 is 0 Å². The molecule has 0 amide bonds. The normalized spacial score (nSPS) is 14.8. The maximum Gasteiger partial charge on any atom is -0.00201 e. The molecule has 1 aliphatic carbocycles. The van der Waals surface area contributed by atoms with E-state index in [1.165, 1.54) is 50.1 Å². The molecule has 3 aromatic carbocycles. The van der Waals surface area contributed by atoms with Crippen LogP contribution in [0.2, 0.25) is 0 Å². The molecule has 0 saturated heterocycles. The number of fused-ring (bicyclic) bond motifs is 6. The second kappa shape index (κ2) is 10.6. The van der Waals surface area contributed by atoms with Gasteiger partial charge >= 0.3 is 0 Å². The molecule has 4 rings (SSSR count). The minimum absolute atomic E-state index is 0.129. The lowest BCUT2D eigenvalue weighted by molar-refractivity contribution is 0.585. The first-order valence-corrected chi connectivity index (χ1v) is 15.4. The van der Waals surface area contributed by atoms with Crippen LogP contribution in [0.5, 0.6) is 0 Å². The molecule has 0 N–H and O–H groups in total. The third-order valence-corrected chi connectivity index (χ3v) is 9.34. The van der Waals surface area contributed by atoms with E-state index in [0.29, 0.717) is 0 Å². The summed E-state index contributed by atoms with van der Waals surface area (Å²) < 4.78 is 0. The molecule has 0 nitrogen and oxygen atoms in total. The molecule has 0 saturated carbocycles. The van der Waals surface area contributed by atoms with E-state index < -0.39 is 0 Å². The SMILES string of the molecule is CCc1c2cc(C(C)(C)C)cc1CCc1cc(C(C)(C)C)cc(c1C)Cc1cc(C(C)(C)C)cc(c1C)CC2. The van der Waals surface area contributed by atoms with Crippen LogP contribution in [0.3, 0.4) is 0 Å². The number of hydrogen-bond acceptors (Lipinski definition) is 0. The van der Waals surface area contributed by atoms with Crippen molar-refractivity contribution in [3.8, 4) is 0 Å². The Hall–Kier alpha value is -2.34. The van der Waals surface area contributed by atoms with Crippen LogP contribution < -0.4 is 0 Å². The minimum Gasteiger partial charge on any atom is -0.0613 e. The van der Waals surface area contributed by atoms with Crippen molar-refractivity contribution in [3.63, 3.8) is 0 Å². The predicted octanol–water partition coefficient (Wildman–Crippen LogP) is 10.2. The molecule has 39 heavy (non-hydrogen) atoms. The molecule has 0 heteroatoms. The zero-order valence-electron chi connectivity index (χ0n) is 27.2. The highest BCUT2D eigenvalue weighted by atomic mass is 14.3. The molecule has 3 aromatic rings. The molecule has 0 atom stereocenters. The van der Waals surface area contributed by atoms with Crippen molar-refractivity contribution in [3.05, 3.63) is 103 Å². The highest BCUT2D eigenvalue weighted by molar-refractivity contribution is 5.49. The van der Waals surface area contributed by atoms with E-state index in [0.717, 1.165) is 38.5 Å². The molecule has 6 bridgehead atoms. The number of rotatable bonds is 1. The maximum absolute atomic E-state index is 2.54. The van der Waals surface area contributed by atoms with Gasteiger partial charge in [-0.25, -0.2) is 0 Å². The summed E-state index contributed by atoms with van der Waals surface area (Å²) in [5, 5.41) is 0. The van der Waals surface area contributed by atoms with Crippen molar-refractivity contribution in [1.29, 1.82) is 0 Å². The van der Waals surface area contributed by atoms with E-state index in [1.807, 2.05) is 0 Å². The summed E-state index contributed by atoms with van der Waals surface area (Å²) in [4.78, 5) is 0. The van der Waals surface area contributed by atoms with E-state index in [4.69, 9.17) is 0 Å². The smallest absolute Gasteiger partial charge is 0.00201 e. The largest absolute Gasteiger partial charge is 0.0613 e. The number of aryl methyl sites for hydroxylation is 4. The lowest BCUT2D eigenvalue weighted by Crippen LogP contribution is -2.17. The van der Waals surface area contributed by atoms with Crippen molar-refractivity contribution in [1.82, 2.24) is 0 Å². The van der Waals surface area contributed by atoms with Gasteiger partial charge in [-0.1, -0.05) is 106 Å². The summed E-state index contributed by atoms with van der Waals surface area (Å²) in [5.41, 5.74) is 18.6. The first-order chi connectivity index (χ1) is 18.0. The molecule has 1 aliphatic rings. The summed E-state index contributed by atoms with van der Waals surface area (Å²) in [7, 11) is 0. The minimum atomic E-state index is 0.129. The molecule has 0 unspecified atom stereocenters. The molecule has 0 aromatic heterocycles. The highest BCUT2D eigenvalue weighted by Crippen LogP contribution is 2.35. The second-order valence-corrected chi connectivity index (χ2v) is 15.4. The topological polar surface area (TPSA) is 0 Å². The van der Waals surface area contributed by atoms with Crippen LogP contribution in [-0.4, -0.2) is 0 Å². The van der Waals surface area contributed by atoms with Gasteiger partial charge in [0.25, 0.3) is 0 Å². The molecule has 0 spiro atoms. The number of benzene rings is 3. The van der Waals surface area contributed by atoms with E-state index in [1.54, 1.807) is 16.7 Å². The average Bonchev–Trinajstić information content (AvgIpc) is 2.81. The number of hydrogen-bond donors (Lipinski definition) is 0. The fraction of sp³-hybridized carbons (Fsp3) is 0.538. The van der Waals surface area contributed by atoms with Crippen molar-refractivity contribution in [2.75, 3.05) is 0 Å². The van der Waals surface area contributed by atoms with Crippen LogP contribution in [0.25, 0.3) is 0 Å². The summed E-state index contributed by atoms with van der Waals surface area (Å²) >= 11 is 0. The van der Waals surface area contributed by atoms with Crippen LogP contribution in [0, 0.1) is 13.8 Å². The summed E-state index contributed by atoms with van der Waals surface area (Å²) in [6, 6.07) is 15.2. The van der Waals surface area contributed by atoms with Gasteiger partial charge in [-0.05, 0) is 135 Å². The van der Waals surface area contributed by atoms with Crippen LogP contribution in [0.15, 0.2) is 36.4 Å². The van der Waals surface area contributed by atoms with E-state index >= 15 is 0 Å². The van der Waals surface area contributed by atoms with Gasteiger partial charge in [-0.15, -0.1) is 0 Å². The lowest BCUT2D eigenvalue weighted by Gasteiger charge is -2.27. The van der Waals surface area contributed by atoms with Crippen LogP contribution in [0.1, 0.15) is 136 Å². The standard InChI is InChI=1S/C39H54/c1-13-36-29-16-14-27-19-33(37(4,5)6)23-31(25(27)2)18-32-24-34(38(7,8)9)20-28(26(32)3)15-17-30(36)22-35(21-29)39(10,11)12/h19-24H,13-18H2,1-12H3. The van der Waals surface area contributed by atoms with Crippen molar-refractivity contribution >= 4 is 0 Å². The Morgan fingerprint density at radius 1 is 0.462 bits per heavy atom. The van der Waals surface area contributed by atoms with Gasteiger partial charge < -0.3 is 0 Å². The fourth-order valence-electron chi connectivity index (χ4n) is 6.31. The quantitative estimate of drug-likeness (QED) is 0.298. The lowest BCUT2D eigenvalue weighted by atomic mass is 9.78. The Balaban J connectivity index is 2.02. The third kappa shape index (κ3) is 6.37. The van der Waals surface area contributed by atoms with Gasteiger partial charge in [0.05, 0.1) is 0 Å². The van der Waals surface area contributed by atoms with E-state index in [-0.39, 0.29) is 16.2 Å². The molecule has 0 aliphatic heterocycles. The van der Waals surface area contributed by atoms with Gasteiger partial charge in [0.15, 0.2) is 0 Å². The summed E-state index contributed by atoms with van der Waals surface area (Å²) in [6.07, 6.45) is 6.57. The predicted molar refractivity (Wildman–Crippen MR) is 172 cm³/mol. The van der Waals surface area contributed by atoms with Gasteiger partial charge in [0, 0.05) is 0 Å². The van der Waals surface area contributed by atoms with Crippen molar-refractivity contribution in [2.45, 2.75) is 138 Å². The van der Waals surface area contributed by atoms with Crippen LogP contribution in [-0.2, 0) is 54.8 Å². The molecule has 210 valence electrons. The van der Waals surface area contributed by atoms with Crippen LogP contribution in [0.4, 0.5) is 0 Å². The Bertz CT molecular complexity index is 1260. The van der Waals surface area contributed by atoms with Gasteiger partial charge in [0.2, 0.25) is 0 Å². The van der Waals surface area contributed by atoms with Crippen LogP contribution >= 0.6 is 0 Å². The fourth-order valence-corrected chi connectivity index (χ4v) is 6.31. The molecule has 0 radical (unpaired) electrons. The van der Waals surface area contributed by atoms with E-state index in [9.17, 15) is 0 Å². The average molecular weight is 523 g/mol. The van der Waals surface area contributed by atoms with Gasteiger partial charge in [-0.3, -0.25) is 0 Å². The summed E-state index contributed by atoms with van der Waals surface area (Å²) in [6.45, 7) is 28.4. The second-order valence-electron chi connectivity index (χ2n) is 15.4.